The molecule has 1 aliphatic rings. The summed E-state index contributed by atoms with van der Waals surface area (Å²) in [5.74, 6) is -2.90. The lowest BCUT2D eigenvalue weighted by Gasteiger charge is -2.34. The first-order valence-corrected chi connectivity index (χ1v) is 10.9. The van der Waals surface area contributed by atoms with E-state index in [1.165, 1.54) is 10.8 Å². The largest absolute Gasteiger partial charge is 0.504 e. The molecule has 0 bridgehead atoms. The van der Waals surface area contributed by atoms with Crippen molar-refractivity contribution in [3.63, 3.8) is 0 Å². The maximum atomic E-state index is 15.6. The zero-order chi connectivity index (χ0) is 25.2. The Kier molecular flexibility index (Phi) is 5.22. The van der Waals surface area contributed by atoms with Gasteiger partial charge >= 0.3 is 6.30 Å². The van der Waals surface area contributed by atoms with Crippen LogP contribution in [0.25, 0.3) is 33.4 Å². The van der Waals surface area contributed by atoms with Gasteiger partial charge in [0.15, 0.2) is 0 Å². The molecule has 7 nitrogen and oxygen atoms in total. The number of fused-ring (bicyclic) bond motifs is 1. The van der Waals surface area contributed by atoms with Gasteiger partial charge in [-0.15, -0.1) is 18.3 Å². The van der Waals surface area contributed by atoms with Crippen molar-refractivity contribution < 1.29 is 26.3 Å². The molecule has 0 aromatic carbocycles. The summed E-state index contributed by atoms with van der Waals surface area (Å²) in [6.45, 7) is 1.53. The molecule has 0 aliphatic heterocycles. The lowest BCUT2D eigenvalue weighted by atomic mass is 9.84. The van der Waals surface area contributed by atoms with Crippen LogP contribution in [0.2, 0.25) is 0 Å². The summed E-state index contributed by atoms with van der Waals surface area (Å²) in [6, 6.07) is 1.73. The highest BCUT2D eigenvalue weighted by atomic mass is 19.4. The molecule has 13 heteroatoms. The zero-order valence-electron chi connectivity index (χ0n) is 18.8. The summed E-state index contributed by atoms with van der Waals surface area (Å²) in [6.07, 6.45) is -1.52. The first-order chi connectivity index (χ1) is 16.4. The highest BCUT2D eigenvalue weighted by Gasteiger charge is 2.44. The maximum Gasteiger partial charge on any atom is 0.504 e. The predicted octanol–water partition coefficient (Wildman–Crippen LogP) is 5.40. The van der Waals surface area contributed by atoms with Crippen LogP contribution in [0, 0.1) is 6.92 Å². The smallest absolute Gasteiger partial charge is 0.342 e. The SMILES string of the molecule is Cc1nnn(C)c1-c1cnc2c(-c3cnn(C(F)(F)F)c3)cn(CC3(F)CCC(F)(F)CC3)c2c1. The van der Waals surface area contributed by atoms with E-state index in [1.807, 2.05) is 0 Å². The number of aryl methyl sites for hydroxylation is 2. The number of aromatic nitrogens is 7. The van der Waals surface area contributed by atoms with Crippen molar-refractivity contribution in [3.05, 3.63) is 36.5 Å². The zero-order valence-corrected chi connectivity index (χ0v) is 18.8. The van der Waals surface area contributed by atoms with E-state index in [4.69, 9.17) is 0 Å². The molecule has 1 saturated carbocycles. The fraction of sp³-hybridized carbons (Fsp3) is 0.455. The summed E-state index contributed by atoms with van der Waals surface area (Å²) in [4.78, 5) is 4.48. The van der Waals surface area contributed by atoms with Gasteiger partial charge in [0.1, 0.15) is 5.67 Å². The molecule has 4 aromatic rings. The Labute approximate surface area is 195 Å². The summed E-state index contributed by atoms with van der Waals surface area (Å²) in [5.41, 5.74) is 1.31. The van der Waals surface area contributed by atoms with Crippen molar-refractivity contribution >= 4 is 11.0 Å². The number of hydrogen-bond donors (Lipinski definition) is 0. The summed E-state index contributed by atoms with van der Waals surface area (Å²) in [5, 5.41) is 11.4. The van der Waals surface area contributed by atoms with Gasteiger partial charge in [0.2, 0.25) is 5.92 Å². The van der Waals surface area contributed by atoms with Gasteiger partial charge in [-0.25, -0.2) is 17.9 Å². The third-order valence-corrected chi connectivity index (χ3v) is 6.47. The minimum Gasteiger partial charge on any atom is -0.342 e. The van der Waals surface area contributed by atoms with Crippen LogP contribution < -0.4 is 0 Å². The van der Waals surface area contributed by atoms with E-state index in [0.717, 1.165) is 12.4 Å². The van der Waals surface area contributed by atoms with Gasteiger partial charge < -0.3 is 4.57 Å². The number of nitrogens with zero attached hydrogens (tertiary/aromatic N) is 7. The van der Waals surface area contributed by atoms with Crippen LogP contribution in [-0.2, 0) is 19.9 Å². The first kappa shape index (κ1) is 23.4. The molecule has 0 radical (unpaired) electrons. The highest BCUT2D eigenvalue weighted by Crippen LogP contribution is 2.43. The van der Waals surface area contributed by atoms with Crippen LogP contribution >= 0.6 is 0 Å². The van der Waals surface area contributed by atoms with E-state index >= 15 is 4.39 Å². The Morgan fingerprint density at radius 2 is 1.71 bits per heavy atom. The molecular formula is C22H21F6N7. The molecule has 0 atom stereocenters. The van der Waals surface area contributed by atoms with Crippen LogP contribution in [0.15, 0.2) is 30.9 Å². The molecule has 0 unspecified atom stereocenters. The van der Waals surface area contributed by atoms with Crippen molar-refractivity contribution in [1.29, 1.82) is 0 Å². The fourth-order valence-electron chi connectivity index (χ4n) is 4.62. The molecule has 0 N–H and O–H groups in total. The normalized spacial score (nSPS) is 17.8. The lowest BCUT2D eigenvalue weighted by Crippen LogP contribution is -2.38. The van der Waals surface area contributed by atoms with Crippen LogP contribution in [0.4, 0.5) is 26.3 Å². The Balaban J connectivity index is 1.63. The second-order valence-corrected chi connectivity index (χ2v) is 9.06. The monoisotopic (exact) mass is 497 g/mol. The standard InChI is InChI=1S/C22H21F6N7/c1-13-19(33(2)32-31-13)14-7-17-18(29-8-14)16(15-9-30-35(10-15)22(26,27)28)11-34(17)12-20(23)3-5-21(24,25)6-4-20/h7-11H,3-6,12H2,1-2H3. The molecule has 5 rings (SSSR count). The number of halogens is 6. The van der Waals surface area contributed by atoms with Gasteiger partial charge in [0, 0.05) is 55.2 Å². The van der Waals surface area contributed by atoms with Crippen molar-refractivity contribution in [2.24, 2.45) is 7.05 Å². The molecule has 0 spiro atoms. The van der Waals surface area contributed by atoms with Gasteiger partial charge in [-0.3, -0.25) is 4.98 Å². The van der Waals surface area contributed by atoms with Gasteiger partial charge in [0.25, 0.3) is 0 Å². The predicted molar refractivity (Wildman–Crippen MR) is 114 cm³/mol. The third-order valence-electron chi connectivity index (χ3n) is 6.47. The summed E-state index contributed by atoms with van der Waals surface area (Å²) >= 11 is 0. The Hall–Kier alpha value is -3.38. The number of rotatable bonds is 4. The van der Waals surface area contributed by atoms with Crippen molar-refractivity contribution in [2.75, 3.05) is 0 Å². The molecule has 35 heavy (non-hydrogen) atoms. The second-order valence-electron chi connectivity index (χ2n) is 9.06. The fourth-order valence-corrected chi connectivity index (χ4v) is 4.62. The summed E-state index contributed by atoms with van der Waals surface area (Å²) in [7, 11) is 1.70. The molecule has 0 saturated heterocycles. The summed E-state index contributed by atoms with van der Waals surface area (Å²) < 4.78 is 85.2. The molecule has 1 fully saturated rings. The van der Waals surface area contributed by atoms with Gasteiger partial charge in [-0.05, 0) is 25.8 Å². The molecule has 4 heterocycles. The van der Waals surface area contributed by atoms with Crippen molar-refractivity contribution in [2.45, 2.75) is 57.0 Å². The van der Waals surface area contributed by atoms with Gasteiger partial charge in [-0.2, -0.15) is 9.78 Å². The average molecular weight is 497 g/mol. The van der Waals surface area contributed by atoms with E-state index < -0.39 is 30.7 Å². The van der Waals surface area contributed by atoms with Crippen LogP contribution in [0.1, 0.15) is 31.4 Å². The number of pyridine rings is 1. The van der Waals surface area contributed by atoms with Crippen LogP contribution in [0.3, 0.4) is 0 Å². The number of alkyl halides is 6. The molecule has 4 aromatic heterocycles. The molecule has 0 amide bonds. The topological polar surface area (TPSA) is 66.3 Å². The Morgan fingerprint density at radius 1 is 1.00 bits per heavy atom. The van der Waals surface area contributed by atoms with E-state index in [9.17, 15) is 22.0 Å². The van der Waals surface area contributed by atoms with E-state index in [0.29, 0.717) is 33.5 Å². The highest BCUT2D eigenvalue weighted by molar-refractivity contribution is 5.94. The van der Waals surface area contributed by atoms with Crippen molar-refractivity contribution in [1.82, 2.24) is 34.3 Å². The van der Waals surface area contributed by atoms with Gasteiger partial charge in [0.05, 0.1) is 35.2 Å². The average Bonchev–Trinajstić information content (AvgIpc) is 3.48. The number of hydrogen-bond acceptors (Lipinski definition) is 4. The molecule has 1 aliphatic carbocycles. The first-order valence-electron chi connectivity index (χ1n) is 10.9. The third kappa shape index (κ3) is 4.27. The lowest BCUT2D eigenvalue weighted by molar-refractivity contribution is -0.212. The second kappa shape index (κ2) is 7.82. The van der Waals surface area contributed by atoms with Crippen LogP contribution in [-0.4, -0.2) is 45.9 Å². The Bertz CT molecular complexity index is 1370. The van der Waals surface area contributed by atoms with Crippen LogP contribution in [0.5, 0.6) is 0 Å². The van der Waals surface area contributed by atoms with E-state index in [-0.39, 0.29) is 29.6 Å². The van der Waals surface area contributed by atoms with E-state index in [2.05, 4.69) is 20.4 Å². The Morgan fingerprint density at radius 3 is 2.31 bits per heavy atom. The molecule has 186 valence electrons. The van der Waals surface area contributed by atoms with Crippen molar-refractivity contribution in [3.8, 4) is 22.4 Å². The van der Waals surface area contributed by atoms with E-state index in [1.54, 1.807) is 30.9 Å². The van der Waals surface area contributed by atoms with Gasteiger partial charge in [-0.1, -0.05) is 5.21 Å². The quantitative estimate of drug-likeness (QED) is 0.354. The maximum absolute atomic E-state index is 15.6. The minimum absolute atomic E-state index is 0.121. The minimum atomic E-state index is -4.70. The molecular weight excluding hydrogens is 476 g/mol.